The maximum atomic E-state index is 5.81. The third-order valence-corrected chi connectivity index (χ3v) is 3.74. The molecule has 0 N–H and O–H groups in total. The van der Waals surface area contributed by atoms with Crippen molar-refractivity contribution in [3.05, 3.63) is 30.3 Å². The Labute approximate surface area is 105 Å². The highest BCUT2D eigenvalue weighted by molar-refractivity contribution is 5.20. The zero-order valence-corrected chi connectivity index (χ0v) is 10.9. The van der Waals surface area contributed by atoms with Gasteiger partial charge in [0.25, 0.3) is 0 Å². The van der Waals surface area contributed by atoms with Crippen LogP contribution in [0.15, 0.2) is 30.3 Å². The predicted octanol–water partition coefficient (Wildman–Crippen LogP) is 4.67. The minimum absolute atomic E-state index is 0.679. The lowest BCUT2D eigenvalue weighted by Gasteiger charge is -2.24. The topological polar surface area (TPSA) is 9.23 Å². The molecule has 1 fully saturated rings. The summed E-state index contributed by atoms with van der Waals surface area (Å²) in [4.78, 5) is 0. The highest BCUT2D eigenvalue weighted by Gasteiger charge is 2.16. The molecule has 94 valence electrons. The molecule has 0 aromatic heterocycles. The number of hydrogen-bond donors (Lipinski definition) is 0. The molecule has 0 spiro atoms. The lowest BCUT2D eigenvalue weighted by Crippen LogP contribution is -2.15. The normalized spacial score (nSPS) is 18.9. The second-order valence-corrected chi connectivity index (χ2v) is 5.47. The Morgan fingerprint density at radius 3 is 2.53 bits per heavy atom. The highest BCUT2D eigenvalue weighted by atomic mass is 16.5. The van der Waals surface area contributed by atoms with Gasteiger partial charge >= 0.3 is 0 Å². The SMILES string of the molecule is CC(COc1ccccc1)CC1CCCCC1. The summed E-state index contributed by atoms with van der Waals surface area (Å²) in [6, 6.07) is 10.2. The molecule has 1 heteroatoms. The average molecular weight is 232 g/mol. The van der Waals surface area contributed by atoms with E-state index in [9.17, 15) is 0 Å². The van der Waals surface area contributed by atoms with Crippen molar-refractivity contribution < 1.29 is 4.74 Å². The van der Waals surface area contributed by atoms with Gasteiger partial charge in [-0.15, -0.1) is 0 Å². The van der Waals surface area contributed by atoms with E-state index in [2.05, 4.69) is 6.92 Å². The average Bonchev–Trinajstić information content (AvgIpc) is 2.39. The van der Waals surface area contributed by atoms with Gasteiger partial charge in [0, 0.05) is 0 Å². The molecule has 0 aliphatic heterocycles. The van der Waals surface area contributed by atoms with Crippen LogP contribution in [0.2, 0.25) is 0 Å². The summed E-state index contributed by atoms with van der Waals surface area (Å²) in [5.41, 5.74) is 0. The molecule has 1 nitrogen and oxygen atoms in total. The fourth-order valence-corrected chi connectivity index (χ4v) is 2.82. The number of para-hydroxylation sites is 1. The maximum absolute atomic E-state index is 5.81. The molecule has 1 aliphatic rings. The Morgan fingerprint density at radius 1 is 1.12 bits per heavy atom. The molecule has 0 heterocycles. The molecule has 2 rings (SSSR count). The van der Waals surface area contributed by atoms with E-state index < -0.39 is 0 Å². The van der Waals surface area contributed by atoms with Crippen LogP contribution in [0.5, 0.6) is 5.75 Å². The summed E-state index contributed by atoms with van der Waals surface area (Å²) in [5.74, 6) is 2.64. The second kappa shape index (κ2) is 6.68. The first-order chi connectivity index (χ1) is 8.34. The largest absolute Gasteiger partial charge is 0.493 e. The number of hydrogen-bond acceptors (Lipinski definition) is 1. The lowest BCUT2D eigenvalue weighted by atomic mass is 9.83. The van der Waals surface area contributed by atoms with Crippen LogP contribution in [-0.2, 0) is 0 Å². The molecule has 1 saturated carbocycles. The summed E-state index contributed by atoms with van der Waals surface area (Å²) in [6.45, 7) is 3.18. The summed E-state index contributed by atoms with van der Waals surface area (Å²) < 4.78 is 5.81. The van der Waals surface area contributed by atoms with E-state index in [0.717, 1.165) is 18.3 Å². The van der Waals surface area contributed by atoms with Crippen molar-refractivity contribution in [1.29, 1.82) is 0 Å². The van der Waals surface area contributed by atoms with Crippen molar-refractivity contribution in [3.63, 3.8) is 0 Å². The molecule has 1 atom stereocenters. The quantitative estimate of drug-likeness (QED) is 0.716. The van der Waals surface area contributed by atoms with Gasteiger partial charge in [-0.25, -0.2) is 0 Å². The molecule has 17 heavy (non-hydrogen) atoms. The van der Waals surface area contributed by atoms with Gasteiger partial charge in [0.2, 0.25) is 0 Å². The van der Waals surface area contributed by atoms with Gasteiger partial charge in [-0.05, 0) is 30.4 Å². The Kier molecular flexibility index (Phi) is 4.90. The molecule has 1 aromatic carbocycles. The number of ether oxygens (including phenoxy) is 1. The molecular formula is C16H24O. The van der Waals surface area contributed by atoms with Crippen molar-refractivity contribution in [1.82, 2.24) is 0 Å². The molecule has 0 amide bonds. The summed E-state index contributed by atoms with van der Waals surface area (Å²) >= 11 is 0. The molecule has 0 radical (unpaired) electrons. The van der Waals surface area contributed by atoms with Crippen LogP contribution in [0, 0.1) is 11.8 Å². The lowest BCUT2D eigenvalue weighted by molar-refractivity contribution is 0.213. The first-order valence-electron chi connectivity index (χ1n) is 7.02. The molecule has 0 bridgehead atoms. The van der Waals surface area contributed by atoms with E-state index in [4.69, 9.17) is 4.74 Å². The number of rotatable bonds is 5. The van der Waals surface area contributed by atoms with Crippen LogP contribution in [0.25, 0.3) is 0 Å². The van der Waals surface area contributed by atoms with E-state index in [0.29, 0.717) is 5.92 Å². The van der Waals surface area contributed by atoms with Gasteiger partial charge in [-0.1, -0.05) is 57.2 Å². The minimum Gasteiger partial charge on any atom is -0.493 e. The highest BCUT2D eigenvalue weighted by Crippen LogP contribution is 2.29. The van der Waals surface area contributed by atoms with E-state index in [-0.39, 0.29) is 0 Å². The second-order valence-electron chi connectivity index (χ2n) is 5.47. The molecule has 0 saturated heterocycles. The molecule has 1 aliphatic carbocycles. The Hall–Kier alpha value is -0.980. The fraction of sp³-hybridized carbons (Fsp3) is 0.625. The zero-order chi connectivity index (χ0) is 11.9. The maximum Gasteiger partial charge on any atom is 0.119 e. The van der Waals surface area contributed by atoms with Gasteiger partial charge in [-0.2, -0.15) is 0 Å². The smallest absolute Gasteiger partial charge is 0.119 e. The summed E-state index contributed by atoms with van der Waals surface area (Å²) in [5, 5.41) is 0. The van der Waals surface area contributed by atoms with Crippen LogP contribution in [0.4, 0.5) is 0 Å². The summed E-state index contributed by atoms with van der Waals surface area (Å²) in [6.07, 6.45) is 8.55. The standard InChI is InChI=1S/C16H24O/c1-14(12-15-8-4-2-5-9-15)13-17-16-10-6-3-7-11-16/h3,6-7,10-11,14-15H,2,4-5,8-9,12-13H2,1H3. The fourth-order valence-electron chi connectivity index (χ4n) is 2.82. The van der Waals surface area contributed by atoms with Gasteiger partial charge in [0.05, 0.1) is 6.61 Å². The van der Waals surface area contributed by atoms with Crippen molar-refractivity contribution in [2.24, 2.45) is 11.8 Å². The Bertz CT molecular complexity index is 301. The number of benzene rings is 1. The zero-order valence-electron chi connectivity index (χ0n) is 10.9. The van der Waals surface area contributed by atoms with Crippen molar-refractivity contribution in [2.45, 2.75) is 45.4 Å². The van der Waals surface area contributed by atoms with Crippen LogP contribution in [-0.4, -0.2) is 6.61 Å². The summed E-state index contributed by atoms with van der Waals surface area (Å²) in [7, 11) is 0. The van der Waals surface area contributed by atoms with Gasteiger partial charge in [-0.3, -0.25) is 0 Å². The van der Waals surface area contributed by atoms with E-state index in [1.807, 2.05) is 30.3 Å². The molecule has 1 unspecified atom stereocenters. The van der Waals surface area contributed by atoms with Gasteiger partial charge in [0.1, 0.15) is 5.75 Å². The van der Waals surface area contributed by atoms with E-state index in [1.165, 1.54) is 38.5 Å². The third kappa shape index (κ3) is 4.41. The molecule has 1 aromatic rings. The van der Waals surface area contributed by atoms with E-state index >= 15 is 0 Å². The Morgan fingerprint density at radius 2 is 1.82 bits per heavy atom. The van der Waals surface area contributed by atoms with Gasteiger partial charge < -0.3 is 4.74 Å². The van der Waals surface area contributed by atoms with Crippen molar-refractivity contribution in [2.75, 3.05) is 6.61 Å². The first-order valence-corrected chi connectivity index (χ1v) is 7.02. The first kappa shape index (κ1) is 12.5. The van der Waals surface area contributed by atoms with Crippen molar-refractivity contribution in [3.8, 4) is 5.75 Å². The monoisotopic (exact) mass is 232 g/mol. The van der Waals surface area contributed by atoms with Crippen LogP contribution in [0.3, 0.4) is 0 Å². The van der Waals surface area contributed by atoms with E-state index in [1.54, 1.807) is 0 Å². The predicted molar refractivity (Wildman–Crippen MR) is 72.3 cm³/mol. The van der Waals surface area contributed by atoms with Crippen LogP contribution >= 0.6 is 0 Å². The minimum atomic E-state index is 0.679. The van der Waals surface area contributed by atoms with Crippen LogP contribution in [0.1, 0.15) is 45.4 Å². The third-order valence-electron chi connectivity index (χ3n) is 3.74. The Balaban J connectivity index is 1.68. The van der Waals surface area contributed by atoms with Crippen LogP contribution < -0.4 is 4.74 Å². The van der Waals surface area contributed by atoms with Gasteiger partial charge in [0.15, 0.2) is 0 Å². The molecular weight excluding hydrogens is 208 g/mol. The van der Waals surface area contributed by atoms with Crippen molar-refractivity contribution >= 4 is 0 Å².